The highest BCUT2D eigenvalue weighted by molar-refractivity contribution is 6.00. The highest BCUT2D eigenvalue weighted by Crippen LogP contribution is 2.46. The molecule has 9 nitrogen and oxygen atoms in total. The normalized spacial score (nSPS) is 18.0. The fourth-order valence-electron chi connectivity index (χ4n) is 4.60. The van der Waals surface area contributed by atoms with Gasteiger partial charge in [-0.15, -0.1) is 0 Å². The average molecular weight is 575 g/mol. The molecule has 216 valence electrons. The number of hydrogen-bond acceptors (Lipinski definition) is 7. The van der Waals surface area contributed by atoms with Crippen LogP contribution in [0.4, 0.5) is 17.6 Å². The number of nitrogens with one attached hydrogen (secondary N) is 2. The number of hydrogen-bond donors (Lipinski definition) is 5. The molecule has 0 radical (unpaired) electrons. The van der Waals surface area contributed by atoms with Crippen LogP contribution < -0.4 is 20.5 Å². The molecular weight excluding hydrogens is 548 g/mol. The maximum Gasteiger partial charge on any atom is 0.424 e. The summed E-state index contributed by atoms with van der Waals surface area (Å²) in [5, 5.41) is 22.9. The van der Waals surface area contributed by atoms with E-state index in [2.05, 4.69) is 15.3 Å². The summed E-state index contributed by atoms with van der Waals surface area (Å²) in [6.07, 6.45) is -3.69. The Balaban J connectivity index is 1.53. The van der Waals surface area contributed by atoms with Gasteiger partial charge in [0.1, 0.15) is 30.5 Å². The largest absolute Gasteiger partial charge is 0.489 e. The molecule has 2 aromatic carbocycles. The van der Waals surface area contributed by atoms with E-state index in [0.717, 1.165) is 18.2 Å². The summed E-state index contributed by atoms with van der Waals surface area (Å²) in [5.74, 6) is -1.15. The van der Waals surface area contributed by atoms with Crippen molar-refractivity contribution in [3.63, 3.8) is 0 Å². The van der Waals surface area contributed by atoms with Gasteiger partial charge in [-0.2, -0.15) is 13.2 Å². The zero-order chi connectivity index (χ0) is 29.6. The van der Waals surface area contributed by atoms with Crippen LogP contribution in [0.25, 0.3) is 22.2 Å². The molecule has 0 fully saturated rings. The molecular formula is C28H26F4N4O5. The number of H-pyrrole nitrogens is 1. The summed E-state index contributed by atoms with van der Waals surface area (Å²) < 4.78 is 68.3. The lowest BCUT2D eigenvalue weighted by atomic mass is 9.89. The zero-order valence-electron chi connectivity index (χ0n) is 21.7. The molecule has 0 saturated heterocycles. The monoisotopic (exact) mass is 574 g/mol. The van der Waals surface area contributed by atoms with Gasteiger partial charge in [0.15, 0.2) is 5.75 Å². The lowest BCUT2D eigenvalue weighted by molar-refractivity contribution is -0.265. The first-order valence-electron chi connectivity index (χ1n) is 12.5. The molecule has 0 bridgehead atoms. The van der Waals surface area contributed by atoms with E-state index in [9.17, 15) is 27.5 Å². The maximum atomic E-state index is 14.5. The summed E-state index contributed by atoms with van der Waals surface area (Å²) >= 11 is 0. The van der Waals surface area contributed by atoms with Crippen LogP contribution in [0.3, 0.4) is 0 Å². The Labute approximate surface area is 230 Å². The minimum absolute atomic E-state index is 0.0357. The first-order valence-corrected chi connectivity index (χ1v) is 12.5. The SMILES string of the molecule is CC1(N)COc2c1cc(C(O)(CNC(=O)c1cc(OCCO)c3[nH]ccc3c1)C(F)(F)F)nc2-c1ccc(F)cc1. The van der Waals surface area contributed by atoms with Crippen molar-refractivity contribution in [2.24, 2.45) is 5.73 Å². The summed E-state index contributed by atoms with van der Waals surface area (Å²) in [5.41, 5.74) is 1.45. The maximum absolute atomic E-state index is 14.5. The number of amides is 1. The fraction of sp³-hybridized carbons (Fsp3) is 0.286. The molecule has 41 heavy (non-hydrogen) atoms. The van der Waals surface area contributed by atoms with Gasteiger partial charge >= 0.3 is 6.18 Å². The number of benzene rings is 2. The zero-order valence-corrected chi connectivity index (χ0v) is 21.7. The fourth-order valence-corrected chi connectivity index (χ4v) is 4.60. The van der Waals surface area contributed by atoms with Gasteiger partial charge in [-0.05, 0) is 55.5 Å². The Morgan fingerprint density at radius 3 is 2.63 bits per heavy atom. The molecule has 3 heterocycles. The molecule has 6 N–H and O–H groups in total. The van der Waals surface area contributed by atoms with Crippen molar-refractivity contribution < 1.29 is 42.0 Å². The Bertz CT molecular complexity index is 1600. The van der Waals surface area contributed by atoms with Gasteiger partial charge in [0.05, 0.1) is 29.9 Å². The van der Waals surface area contributed by atoms with Crippen LogP contribution >= 0.6 is 0 Å². The van der Waals surface area contributed by atoms with E-state index in [0.29, 0.717) is 10.9 Å². The van der Waals surface area contributed by atoms with E-state index < -0.39 is 41.3 Å². The number of carbonyl (C=O) groups excluding carboxylic acids is 1. The predicted octanol–water partition coefficient (Wildman–Crippen LogP) is 3.49. The van der Waals surface area contributed by atoms with E-state index in [1.54, 1.807) is 19.2 Å². The number of ether oxygens (including phenoxy) is 2. The molecule has 13 heteroatoms. The van der Waals surface area contributed by atoms with Crippen molar-refractivity contribution in [2.75, 3.05) is 26.4 Å². The van der Waals surface area contributed by atoms with Gasteiger partial charge in [-0.3, -0.25) is 4.79 Å². The molecule has 0 aliphatic carbocycles. The number of fused-ring (bicyclic) bond motifs is 2. The molecule has 0 spiro atoms. The third-order valence-electron chi connectivity index (χ3n) is 6.85. The molecule has 1 amide bonds. The minimum Gasteiger partial charge on any atom is -0.489 e. The summed E-state index contributed by atoms with van der Waals surface area (Å²) in [6.45, 7) is -0.163. The second kappa shape index (κ2) is 10.3. The molecule has 5 rings (SSSR count). The molecule has 4 aromatic rings. The van der Waals surface area contributed by atoms with E-state index in [4.69, 9.17) is 20.3 Å². The second-order valence-electron chi connectivity index (χ2n) is 9.97. The van der Waals surface area contributed by atoms with Crippen LogP contribution in [0.15, 0.2) is 54.7 Å². The van der Waals surface area contributed by atoms with Gasteiger partial charge in [-0.25, -0.2) is 9.37 Å². The number of carbonyl (C=O) groups is 1. The van der Waals surface area contributed by atoms with Gasteiger partial charge in [0.2, 0.25) is 5.60 Å². The number of aliphatic hydroxyl groups excluding tert-OH is 1. The molecule has 1 aliphatic heterocycles. The number of rotatable bonds is 8. The molecule has 2 atom stereocenters. The Kier molecular flexibility index (Phi) is 7.14. The van der Waals surface area contributed by atoms with Gasteiger partial charge in [0.25, 0.3) is 5.91 Å². The van der Waals surface area contributed by atoms with Crippen LogP contribution in [-0.4, -0.2) is 58.6 Å². The molecule has 0 saturated carbocycles. The van der Waals surface area contributed by atoms with Crippen molar-refractivity contribution >= 4 is 16.8 Å². The number of nitrogens with zero attached hydrogens (tertiary/aromatic N) is 1. The van der Waals surface area contributed by atoms with Gasteiger partial charge in [-0.1, -0.05) is 0 Å². The molecule has 1 aliphatic rings. The van der Waals surface area contributed by atoms with Crippen molar-refractivity contribution in [1.29, 1.82) is 0 Å². The Morgan fingerprint density at radius 2 is 1.95 bits per heavy atom. The third-order valence-corrected chi connectivity index (χ3v) is 6.85. The van der Waals surface area contributed by atoms with Gasteiger partial charge in [0, 0.05) is 28.3 Å². The van der Waals surface area contributed by atoms with E-state index in [1.807, 2.05) is 0 Å². The van der Waals surface area contributed by atoms with Crippen LogP contribution in [0, 0.1) is 5.82 Å². The highest BCUT2D eigenvalue weighted by atomic mass is 19.4. The average Bonchev–Trinajstić information content (AvgIpc) is 3.53. The predicted molar refractivity (Wildman–Crippen MR) is 140 cm³/mol. The molecule has 2 unspecified atom stereocenters. The minimum atomic E-state index is -5.29. The van der Waals surface area contributed by atoms with Crippen LogP contribution in [0.5, 0.6) is 11.5 Å². The number of halogens is 4. The number of alkyl halides is 3. The van der Waals surface area contributed by atoms with Crippen LogP contribution in [-0.2, 0) is 11.1 Å². The quantitative estimate of drug-likeness (QED) is 0.203. The van der Waals surface area contributed by atoms with Crippen molar-refractivity contribution in [3.8, 4) is 22.8 Å². The van der Waals surface area contributed by atoms with Crippen molar-refractivity contribution in [1.82, 2.24) is 15.3 Å². The Hall–Kier alpha value is -4.20. The number of pyridine rings is 1. The number of aromatic amines is 1. The first kappa shape index (κ1) is 28.3. The summed E-state index contributed by atoms with van der Waals surface area (Å²) in [7, 11) is 0. The third kappa shape index (κ3) is 5.19. The van der Waals surface area contributed by atoms with Crippen molar-refractivity contribution in [3.05, 3.63) is 77.4 Å². The Morgan fingerprint density at radius 1 is 1.22 bits per heavy atom. The van der Waals surface area contributed by atoms with E-state index >= 15 is 0 Å². The number of aliphatic hydroxyl groups is 2. The van der Waals surface area contributed by atoms with E-state index in [-0.39, 0.29) is 53.7 Å². The number of aromatic nitrogens is 2. The lowest BCUT2D eigenvalue weighted by Crippen LogP contribution is -2.51. The summed E-state index contributed by atoms with van der Waals surface area (Å²) in [4.78, 5) is 20.1. The second-order valence-corrected chi connectivity index (χ2v) is 9.97. The molecule has 2 aromatic heterocycles. The summed E-state index contributed by atoms with van der Waals surface area (Å²) in [6, 6.07) is 10.3. The topological polar surface area (TPSA) is 143 Å². The van der Waals surface area contributed by atoms with Crippen LogP contribution in [0.2, 0.25) is 0 Å². The highest BCUT2D eigenvalue weighted by Gasteiger charge is 2.57. The lowest BCUT2D eigenvalue weighted by Gasteiger charge is -2.31. The standard InChI is InChI=1S/C28H26F4N4O5/c1-26(33)14-41-24-19(26)12-21(36-23(24)15-2-4-18(29)5-3-15)27(39,28(30,31)32)13-35-25(38)17-10-16-6-7-34-22(16)20(11-17)40-9-8-37/h2-7,10-12,34,37,39H,8-9,13-14,33H2,1H3,(H,35,38). The van der Waals surface area contributed by atoms with E-state index in [1.165, 1.54) is 24.3 Å². The smallest absolute Gasteiger partial charge is 0.424 e. The first-order chi connectivity index (χ1) is 19.3. The van der Waals surface area contributed by atoms with Gasteiger partial charge < -0.3 is 35.7 Å². The van der Waals surface area contributed by atoms with Crippen molar-refractivity contribution in [2.45, 2.75) is 24.2 Å². The number of nitrogens with two attached hydrogens (primary N) is 1. The van der Waals surface area contributed by atoms with Crippen LogP contribution in [0.1, 0.15) is 28.5 Å².